The monoisotopic (exact) mass is 721 g/mol. The van der Waals surface area contributed by atoms with Crippen molar-refractivity contribution in [1.29, 1.82) is 0 Å². The third-order valence-electron chi connectivity index (χ3n) is 10.9. The van der Waals surface area contributed by atoms with E-state index in [0.29, 0.717) is 45.1 Å². The summed E-state index contributed by atoms with van der Waals surface area (Å²) in [6.45, 7) is 11.7. The van der Waals surface area contributed by atoms with Gasteiger partial charge in [0.1, 0.15) is 6.04 Å². The smallest absolute Gasteiger partial charge is 0.261 e. The van der Waals surface area contributed by atoms with Crippen LogP contribution >= 0.6 is 0 Å². The van der Waals surface area contributed by atoms with Gasteiger partial charge in [0, 0.05) is 12.5 Å². The van der Waals surface area contributed by atoms with Gasteiger partial charge >= 0.3 is 0 Å². The Morgan fingerprint density at radius 1 is 0.827 bits per heavy atom. The number of nitrogens with one attached hydrogen (secondary N) is 3. The highest BCUT2D eigenvalue weighted by molar-refractivity contribution is 6.99. The number of hydrogen-bond acceptors (Lipinski definition) is 4. The molecule has 1 saturated heterocycles. The van der Waals surface area contributed by atoms with Crippen molar-refractivity contribution >= 4 is 36.4 Å². The van der Waals surface area contributed by atoms with Crippen LogP contribution in [0.4, 0.5) is 0 Å². The van der Waals surface area contributed by atoms with Crippen LogP contribution in [0.25, 0.3) is 0 Å². The number of rotatable bonds is 9. The van der Waals surface area contributed by atoms with E-state index in [4.69, 9.17) is 4.43 Å². The third-order valence-corrected chi connectivity index (χ3v) is 15.9. The highest BCUT2D eigenvalue weighted by Crippen LogP contribution is 2.39. The number of carbonyl (C=O) groups is 3. The summed E-state index contributed by atoms with van der Waals surface area (Å²) in [4.78, 5) is 42.2. The van der Waals surface area contributed by atoms with Crippen molar-refractivity contribution in [2.45, 2.75) is 103 Å². The zero-order valence-corrected chi connectivity index (χ0v) is 32.8. The summed E-state index contributed by atoms with van der Waals surface area (Å²) in [7, 11) is -2.95. The van der Waals surface area contributed by atoms with Crippen molar-refractivity contribution in [3.05, 3.63) is 109 Å². The van der Waals surface area contributed by atoms with E-state index < -0.39 is 25.8 Å². The summed E-state index contributed by atoms with van der Waals surface area (Å²) >= 11 is 0. The molecule has 5 rings (SSSR count). The fourth-order valence-electron chi connectivity index (χ4n) is 8.23. The molecule has 2 aliphatic rings. The molecular weight excluding hydrogens is 663 g/mol. The number of carbonyl (C=O) groups excluding carboxylic acids is 3. The van der Waals surface area contributed by atoms with Crippen LogP contribution in [0.2, 0.25) is 5.04 Å². The van der Waals surface area contributed by atoms with Gasteiger partial charge < -0.3 is 20.4 Å². The molecule has 0 bridgehead atoms. The predicted octanol–water partition coefficient (Wildman–Crippen LogP) is 6.46. The molecule has 278 valence electrons. The molecule has 2 heterocycles. The Morgan fingerprint density at radius 3 is 2.00 bits per heavy atom. The Bertz CT molecular complexity index is 1600. The molecule has 2 aliphatic heterocycles. The van der Waals surface area contributed by atoms with Crippen LogP contribution in [0, 0.1) is 17.3 Å². The molecular formula is C44H59N3O4Si. The molecule has 3 unspecified atom stereocenters. The number of allylic oxidation sites excluding steroid dienone is 2. The number of amides is 3. The zero-order chi connectivity index (χ0) is 37.2. The second kappa shape index (κ2) is 17.7. The van der Waals surface area contributed by atoms with Crippen LogP contribution in [0.1, 0.15) is 85.1 Å². The Morgan fingerprint density at radius 2 is 1.44 bits per heavy atom. The molecule has 0 aliphatic carbocycles. The van der Waals surface area contributed by atoms with Crippen molar-refractivity contribution in [2.75, 3.05) is 13.2 Å². The lowest BCUT2D eigenvalue weighted by atomic mass is 9.77. The van der Waals surface area contributed by atoms with Gasteiger partial charge in [-0.05, 0) is 78.3 Å². The van der Waals surface area contributed by atoms with E-state index in [1.54, 1.807) is 0 Å². The third kappa shape index (κ3) is 9.50. The van der Waals surface area contributed by atoms with Crippen LogP contribution in [-0.2, 0) is 25.2 Å². The maximum Gasteiger partial charge on any atom is 0.261 e. The van der Waals surface area contributed by atoms with Crippen LogP contribution in [-0.4, -0.2) is 51.3 Å². The minimum atomic E-state index is -2.95. The molecule has 8 heteroatoms. The minimum Gasteiger partial charge on any atom is -0.405 e. The first-order valence-electron chi connectivity index (χ1n) is 19.3. The van der Waals surface area contributed by atoms with Gasteiger partial charge in [-0.1, -0.05) is 138 Å². The van der Waals surface area contributed by atoms with Gasteiger partial charge in [0.05, 0.1) is 18.1 Å². The molecule has 3 aromatic rings. The van der Waals surface area contributed by atoms with E-state index in [1.807, 2.05) is 30.3 Å². The van der Waals surface area contributed by atoms with Gasteiger partial charge in [-0.15, -0.1) is 0 Å². The van der Waals surface area contributed by atoms with Gasteiger partial charge in [0.15, 0.2) is 0 Å². The molecule has 3 aromatic carbocycles. The molecule has 0 aromatic heterocycles. The van der Waals surface area contributed by atoms with E-state index in [2.05, 4.69) is 123 Å². The highest BCUT2D eigenvalue weighted by Gasteiger charge is 2.51. The fraction of sp³-hybridized carbons (Fsp3) is 0.477. The zero-order valence-electron chi connectivity index (χ0n) is 31.8. The van der Waals surface area contributed by atoms with E-state index in [0.717, 1.165) is 28.8 Å². The summed E-state index contributed by atoms with van der Waals surface area (Å²) in [6.07, 6.45) is 9.51. The van der Waals surface area contributed by atoms with Crippen LogP contribution in [0.15, 0.2) is 103 Å². The number of hydrogen-bond donors (Lipinski definition) is 3. The van der Waals surface area contributed by atoms with E-state index in [9.17, 15) is 14.4 Å². The molecule has 0 radical (unpaired) electrons. The maximum atomic E-state index is 14.5. The Balaban J connectivity index is 1.52. The van der Waals surface area contributed by atoms with Crippen molar-refractivity contribution in [2.24, 2.45) is 17.3 Å². The molecule has 52 heavy (non-hydrogen) atoms. The lowest BCUT2D eigenvalue weighted by Crippen LogP contribution is -2.67. The van der Waals surface area contributed by atoms with Gasteiger partial charge in [-0.2, -0.15) is 0 Å². The minimum absolute atomic E-state index is 0.0288. The van der Waals surface area contributed by atoms with E-state index >= 15 is 0 Å². The molecule has 1 fully saturated rings. The molecule has 1 spiro atoms. The van der Waals surface area contributed by atoms with Crippen molar-refractivity contribution in [1.82, 2.24) is 16.0 Å². The first-order chi connectivity index (χ1) is 24.9. The lowest BCUT2D eigenvalue weighted by molar-refractivity contribution is -0.132. The fourth-order valence-corrected chi connectivity index (χ4v) is 12.8. The van der Waals surface area contributed by atoms with Crippen molar-refractivity contribution < 1.29 is 18.8 Å². The molecule has 3 amide bonds. The van der Waals surface area contributed by atoms with E-state index in [1.165, 1.54) is 0 Å². The molecule has 4 atom stereocenters. The van der Waals surface area contributed by atoms with Crippen molar-refractivity contribution in [3.63, 3.8) is 0 Å². The van der Waals surface area contributed by atoms with Gasteiger partial charge in [-0.3, -0.25) is 14.4 Å². The quantitative estimate of drug-likeness (QED) is 0.175. The normalized spacial score (nSPS) is 23.8. The summed E-state index contributed by atoms with van der Waals surface area (Å²) in [5, 5.41) is 11.7. The Hall–Kier alpha value is -4.01. The molecule has 0 saturated carbocycles. The molecule has 3 N–H and O–H groups in total. The predicted molar refractivity (Wildman–Crippen MR) is 213 cm³/mol. The maximum absolute atomic E-state index is 14.5. The lowest BCUT2D eigenvalue weighted by Gasteiger charge is -2.44. The highest BCUT2D eigenvalue weighted by atomic mass is 28.4. The van der Waals surface area contributed by atoms with Gasteiger partial charge in [0.2, 0.25) is 17.7 Å². The van der Waals surface area contributed by atoms with Gasteiger partial charge in [-0.25, -0.2) is 0 Å². The van der Waals surface area contributed by atoms with Gasteiger partial charge in [0.25, 0.3) is 8.32 Å². The van der Waals surface area contributed by atoms with Crippen LogP contribution in [0.5, 0.6) is 0 Å². The first kappa shape index (κ1) is 39.2. The molecule has 7 nitrogen and oxygen atoms in total. The van der Waals surface area contributed by atoms with Crippen LogP contribution < -0.4 is 26.3 Å². The van der Waals surface area contributed by atoms with Crippen molar-refractivity contribution in [3.8, 4) is 0 Å². The summed E-state index contributed by atoms with van der Waals surface area (Å²) in [5.41, 5.74) is 0.437. The number of benzene rings is 3. The van der Waals surface area contributed by atoms with E-state index in [-0.39, 0.29) is 41.2 Å². The summed E-state index contributed by atoms with van der Waals surface area (Å²) < 4.78 is 7.39. The average molecular weight is 722 g/mol. The second-order valence-corrected chi connectivity index (χ2v) is 20.7. The Kier molecular flexibility index (Phi) is 13.3. The topological polar surface area (TPSA) is 96.5 Å². The standard InChI is InChI=1S/C44H59N3O4Si/c1-33(2)29-39-41(49)46-36(32-51-52(43(3,4)5,37-22-14-9-15-23-37)38-24-16-10-17-25-38)31-44(27-28-45-42(44)50)26-18-7-6-13-21-35(40(48)47-39)30-34-19-11-8-12-20-34/h7-12,14-20,22-25,33,35-36,39H,6,13,21,26-32H2,1-5H3,(H,45,50)(H,46,49)(H,47,48)/t35?,36?,39-,44?/m0/s1. The summed E-state index contributed by atoms with van der Waals surface area (Å²) in [5.74, 6) is -0.370. The first-order valence-corrected chi connectivity index (χ1v) is 21.2. The SMILES string of the molecule is CC(C)C[C@@H]1NC(=O)C(Cc2ccccc2)CCCC=CCC2(CCNC2=O)CC(CO[Si](c2ccccc2)(c2ccccc2)C(C)(C)C)NC1=O. The average Bonchev–Trinajstić information content (AvgIpc) is 3.48. The second-order valence-electron chi connectivity index (χ2n) is 16.4. The van der Waals surface area contributed by atoms with Crippen LogP contribution in [0.3, 0.4) is 0 Å². The Labute approximate surface area is 312 Å². The summed E-state index contributed by atoms with van der Waals surface area (Å²) in [6, 6.07) is 29.9. The largest absolute Gasteiger partial charge is 0.405 e.